The zero-order valence-electron chi connectivity index (χ0n) is 11.3. The van der Waals surface area contributed by atoms with Gasteiger partial charge in [0.25, 0.3) is 5.91 Å². The average Bonchev–Trinajstić information content (AvgIpc) is 2.47. The quantitative estimate of drug-likeness (QED) is 0.625. The van der Waals surface area contributed by atoms with E-state index in [-0.39, 0.29) is 12.0 Å². The topological polar surface area (TPSA) is 80.5 Å². The molecule has 0 aromatic carbocycles. The van der Waals surface area contributed by atoms with Gasteiger partial charge in [-0.15, -0.1) is 0 Å². The van der Waals surface area contributed by atoms with Gasteiger partial charge in [0.2, 0.25) is 0 Å². The Morgan fingerprint density at radius 3 is 3.11 bits per heavy atom. The lowest BCUT2D eigenvalue weighted by Gasteiger charge is -2.36. The first-order valence-corrected chi connectivity index (χ1v) is 6.40. The second-order valence-electron chi connectivity index (χ2n) is 4.86. The molecule has 0 spiro atoms. The van der Waals surface area contributed by atoms with Gasteiger partial charge in [-0.05, 0) is 18.4 Å². The Morgan fingerprint density at radius 1 is 1.63 bits per heavy atom. The van der Waals surface area contributed by atoms with Crippen LogP contribution < -0.4 is 11.3 Å². The number of nitrogen functional groups attached to an aromatic ring is 1. The van der Waals surface area contributed by atoms with Gasteiger partial charge in [-0.25, -0.2) is 0 Å². The Kier molecular flexibility index (Phi) is 4.34. The predicted molar refractivity (Wildman–Crippen MR) is 72.5 cm³/mol. The number of rotatable bonds is 3. The van der Waals surface area contributed by atoms with Gasteiger partial charge in [-0.2, -0.15) is 0 Å². The molecule has 2 heterocycles. The summed E-state index contributed by atoms with van der Waals surface area (Å²) in [5.41, 5.74) is 3.62. The van der Waals surface area contributed by atoms with Crippen molar-refractivity contribution in [1.82, 2.24) is 9.88 Å². The number of ether oxygens (including phenoxy) is 1. The Morgan fingerprint density at radius 2 is 2.42 bits per heavy atom. The number of hydrogen-bond acceptors (Lipinski definition) is 5. The molecule has 3 N–H and O–H groups in total. The van der Waals surface area contributed by atoms with Crippen LogP contribution in [0.4, 0.5) is 5.69 Å². The van der Waals surface area contributed by atoms with Crippen molar-refractivity contribution in [3.63, 3.8) is 0 Å². The Bertz CT molecular complexity index is 452. The highest BCUT2D eigenvalue weighted by Crippen LogP contribution is 2.22. The van der Waals surface area contributed by atoms with Crippen molar-refractivity contribution < 1.29 is 9.53 Å². The van der Waals surface area contributed by atoms with E-state index in [0.29, 0.717) is 23.7 Å². The van der Waals surface area contributed by atoms with E-state index in [9.17, 15) is 4.79 Å². The third kappa shape index (κ3) is 2.85. The highest BCUT2D eigenvalue weighted by atomic mass is 16.5. The Hall–Kier alpha value is -1.66. The second kappa shape index (κ2) is 5.99. The van der Waals surface area contributed by atoms with Crippen LogP contribution >= 0.6 is 0 Å². The van der Waals surface area contributed by atoms with Gasteiger partial charge < -0.3 is 15.1 Å². The van der Waals surface area contributed by atoms with Crippen molar-refractivity contribution in [2.75, 3.05) is 25.6 Å². The summed E-state index contributed by atoms with van der Waals surface area (Å²) >= 11 is 0. The molecule has 0 radical (unpaired) electrons. The summed E-state index contributed by atoms with van der Waals surface area (Å²) in [6.07, 6.45) is 4.17. The molecule has 6 heteroatoms. The van der Waals surface area contributed by atoms with Gasteiger partial charge in [0.1, 0.15) is 0 Å². The van der Waals surface area contributed by atoms with Crippen molar-refractivity contribution >= 4 is 11.6 Å². The van der Waals surface area contributed by atoms with Crippen molar-refractivity contribution in [1.29, 1.82) is 0 Å². The number of carbonyl (C=O) groups is 1. The largest absolute Gasteiger partial charge is 0.379 e. The van der Waals surface area contributed by atoms with E-state index in [4.69, 9.17) is 10.6 Å². The SMILES string of the molecule is COC1CN(C(=O)c2cnccc2NN)CCC1C. The van der Waals surface area contributed by atoms with E-state index in [0.717, 1.165) is 13.0 Å². The zero-order chi connectivity index (χ0) is 13.8. The molecule has 2 atom stereocenters. The zero-order valence-corrected chi connectivity index (χ0v) is 11.3. The molecule has 1 aromatic heterocycles. The van der Waals surface area contributed by atoms with Crippen molar-refractivity contribution in [2.45, 2.75) is 19.4 Å². The smallest absolute Gasteiger partial charge is 0.257 e. The highest BCUT2D eigenvalue weighted by molar-refractivity contribution is 5.99. The molecule has 1 amide bonds. The molecule has 6 nitrogen and oxygen atoms in total. The van der Waals surface area contributed by atoms with Crippen LogP contribution in [0, 0.1) is 5.92 Å². The maximum Gasteiger partial charge on any atom is 0.257 e. The monoisotopic (exact) mass is 264 g/mol. The number of carbonyl (C=O) groups excluding carboxylic acids is 1. The molecule has 2 unspecified atom stereocenters. The van der Waals surface area contributed by atoms with Crippen molar-refractivity contribution in [3.8, 4) is 0 Å². The maximum atomic E-state index is 12.5. The molecule has 104 valence electrons. The molecule has 2 rings (SSSR count). The first-order chi connectivity index (χ1) is 9.17. The summed E-state index contributed by atoms with van der Waals surface area (Å²) in [4.78, 5) is 18.3. The van der Waals surface area contributed by atoms with E-state index < -0.39 is 0 Å². The summed E-state index contributed by atoms with van der Waals surface area (Å²) in [5.74, 6) is 5.83. The molecule has 1 aliphatic rings. The lowest BCUT2D eigenvalue weighted by Crippen LogP contribution is -2.46. The number of pyridine rings is 1. The fraction of sp³-hybridized carbons (Fsp3) is 0.538. The number of piperidine rings is 1. The molecule has 1 saturated heterocycles. The van der Waals surface area contributed by atoms with Gasteiger partial charge in [-0.3, -0.25) is 15.6 Å². The summed E-state index contributed by atoms with van der Waals surface area (Å²) in [6, 6.07) is 1.69. The minimum absolute atomic E-state index is 0.0602. The Labute approximate surface area is 112 Å². The number of amides is 1. The molecule has 1 aromatic rings. The number of hydrazine groups is 1. The van der Waals surface area contributed by atoms with Crippen LogP contribution in [0.15, 0.2) is 18.5 Å². The van der Waals surface area contributed by atoms with E-state index in [2.05, 4.69) is 17.3 Å². The van der Waals surface area contributed by atoms with Crippen LogP contribution in [0.2, 0.25) is 0 Å². The van der Waals surface area contributed by atoms with Crippen LogP contribution in [0.1, 0.15) is 23.7 Å². The maximum absolute atomic E-state index is 12.5. The molecule has 1 fully saturated rings. The second-order valence-corrected chi connectivity index (χ2v) is 4.86. The number of anilines is 1. The predicted octanol–water partition coefficient (Wildman–Crippen LogP) is 0.864. The third-order valence-electron chi connectivity index (χ3n) is 3.69. The molecular weight excluding hydrogens is 244 g/mol. The number of nitrogens with zero attached hydrogens (tertiary/aromatic N) is 2. The average molecular weight is 264 g/mol. The van der Waals surface area contributed by atoms with E-state index in [1.54, 1.807) is 24.3 Å². The van der Waals surface area contributed by atoms with Gasteiger partial charge in [0.15, 0.2) is 0 Å². The Balaban J connectivity index is 2.15. The summed E-state index contributed by atoms with van der Waals surface area (Å²) in [6.45, 7) is 3.49. The number of hydrogen-bond donors (Lipinski definition) is 2. The van der Waals surface area contributed by atoms with Crippen molar-refractivity contribution in [3.05, 3.63) is 24.0 Å². The molecule has 0 bridgehead atoms. The van der Waals surface area contributed by atoms with Crippen LogP contribution in [0.3, 0.4) is 0 Å². The minimum Gasteiger partial charge on any atom is -0.379 e. The molecular formula is C13H20N4O2. The minimum atomic E-state index is -0.0602. The fourth-order valence-electron chi connectivity index (χ4n) is 2.39. The third-order valence-corrected chi connectivity index (χ3v) is 3.69. The normalized spacial score (nSPS) is 23.2. The fourth-order valence-corrected chi connectivity index (χ4v) is 2.39. The van der Waals surface area contributed by atoms with Crippen LogP contribution in [-0.4, -0.2) is 42.1 Å². The van der Waals surface area contributed by atoms with Crippen LogP contribution in [0.25, 0.3) is 0 Å². The van der Waals surface area contributed by atoms with E-state index in [1.807, 2.05) is 0 Å². The number of methoxy groups -OCH3 is 1. The lowest BCUT2D eigenvalue weighted by atomic mass is 9.95. The number of nitrogens with one attached hydrogen (secondary N) is 1. The molecule has 1 aliphatic heterocycles. The highest BCUT2D eigenvalue weighted by Gasteiger charge is 2.30. The van der Waals surface area contributed by atoms with Gasteiger partial charge in [0, 0.05) is 32.6 Å². The summed E-state index contributed by atoms with van der Waals surface area (Å²) in [7, 11) is 1.69. The summed E-state index contributed by atoms with van der Waals surface area (Å²) in [5, 5.41) is 0. The van der Waals surface area contributed by atoms with Gasteiger partial charge >= 0.3 is 0 Å². The van der Waals surface area contributed by atoms with Crippen molar-refractivity contribution in [2.24, 2.45) is 11.8 Å². The number of aromatic nitrogens is 1. The van der Waals surface area contributed by atoms with E-state index >= 15 is 0 Å². The first kappa shape index (κ1) is 13.8. The number of likely N-dealkylation sites (tertiary alicyclic amines) is 1. The standard InChI is InChI=1S/C13H20N4O2/c1-9-4-6-17(8-12(9)19-2)13(18)10-7-15-5-3-11(10)16-14/h3,5,7,9,12H,4,6,8,14H2,1-2H3,(H,15,16). The van der Waals surface area contributed by atoms with Crippen LogP contribution in [0.5, 0.6) is 0 Å². The summed E-state index contributed by atoms with van der Waals surface area (Å²) < 4.78 is 5.43. The van der Waals surface area contributed by atoms with E-state index in [1.165, 1.54) is 6.20 Å². The number of nitrogens with two attached hydrogens (primary N) is 1. The molecule has 0 saturated carbocycles. The van der Waals surface area contributed by atoms with Crippen LogP contribution in [-0.2, 0) is 4.74 Å². The van der Waals surface area contributed by atoms with Gasteiger partial charge in [-0.1, -0.05) is 6.92 Å². The first-order valence-electron chi connectivity index (χ1n) is 6.40. The molecule has 0 aliphatic carbocycles. The molecule has 19 heavy (non-hydrogen) atoms. The lowest BCUT2D eigenvalue weighted by molar-refractivity contribution is -0.00154. The van der Waals surface area contributed by atoms with Gasteiger partial charge in [0.05, 0.1) is 17.4 Å².